The monoisotopic (exact) mass is 369 g/mol. The zero-order valence-corrected chi connectivity index (χ0v) is 14.7. The van der Waals surface area contributed by atoms with Crippen molar-refractivity contribution in [1.29, 1.82) is 0 Å². The molecular formula is C16H20FN3O4S. The summed E-state index contributed by atoms with van der Waals surface area (Å²) in [5, 5.41) is 15.4. The van der Waals surface area contributed by atoms with Crippen LogP contribution in [0.3, 0.4) is 0 Å². The van der Waals surface area contributed by atoms with Crippen molar-refractivity contribution in [3.05, 3.63) is 29.2 Å². The van der Waals surface area contributed by atoms with Gasteiger partial charge >= 0.3 is 6.09 Å². The lowest BCUT2D eigenvalue weighted by atomic mass is 10.2. The van der Waals surface area contributed by atoms with E-state index in [2.05, 4.69) is 5.32 Å². The predicted molar refractivity (Wildman–Crippen MR) is 94.9 cm³/mol. The molecule has 2 saturated heterocycles. The molecule has 136 valence electrons. The SMILES string of the molecule is CC(=O)NCC1CN(c2ccc([N+]3([O-])CCSCC3)c(F)c2)C(=O)O1. The fraction of sp³-hybridized carbons (Fsp3) is 0.500. The molecule has 2 heterocycles. The molecule has 0 radical (unpaired) electrons. The average Bonchev–Trinajstić information content (AvgIpc) is 2.94. The first-order valence-corrected chi connectivity index (χ1v) is 9.23. The molecule has 2 amide bonds. The minimum absolute atomic E-state index is 0.103. The maximum absolute atomic E-state index is 14.6. The van der Waals surface area contributed by atoms with Crippen LogP contribution < -0.4 is 14.9 Å². The van der Waals surface area contributed by atoms with Gasteiger partial charge in [0.15, 0.2) is 11.5 Å². The maximum atomic E-state index is 14.6. The van der Waals surface area contributed by atoms with E-state index in [1.54, 1.807) is 17.8 Å². The third kappa shape index (κ3) is 3.88. The van der Waals surface area contributed by atoms with Crippen LogP contribution in [-0.2, 0) is 9.53 Å². The highest BCUT2D eigenvalue weighted by molar-refractivity contribution is 7.99. The Bertz CT molecular complexity index is 681. The Morgan fingerprint density at radius 2 is 2.20 bits per heavy atom. The molecule has 1 aromatic rings. The molecular weight excluding hydrogens is 349 g/mol. The number of ether oxygens (including phenoxy) is 1. The van der Waals surface area contributed by atoms with Crippen molar-refractivity contribution in [1.82, 2.24) is 9.96 Å². The van der Waals surface area contributed by atoms with Gasteiger partial charge in [-0.3, -0.25) is 9.69 Å². The van der Waals surface area contributed by atoms with Crippen molar-refractivity contribution in [2.45, 2.75) is 13.0 Å². The fourth-order valence-corrected chi connectivity index (χ4v) is 4.02. The number of carbonyl (C=O) groups is 2. The molecule has 9 heteroatoms. The molecule has 1 unspecified atom stereocenters. The van der Waals surface area contributed by atoms with Crippen LogP contribution in [0, 0.1) is 11.0 Å². The van der Waals surface area contributed by atoms with Gasteiger partial charge in [-0.15, -0.1) is 0 Å². The Balaban J connectivity index is 1.74. The number of nitrogens with one attached hydrogen (secondary N) is 1. The minimum atomic E-state index is -0.672. The van der Waals surface area contributed by atoms with Crippen molar-refractivity contribution in [2.24, 2.45) is 0 Å². The fourth-order valence-electron chi connectivity index (χ4n) is 2.97. The van der Waals surface area contributed by atoms with Gasteiger partial charge in [0.1, 0.15) is 6.10 Å². The topological polar surface area (TPSA) is 81.7 Å². The Labute approximate surface area is 149 Å². The van der Waals surface area contributed by atoms with E-state index in [9.17, 15) is 19.2 Å². The molecule has 0 aliphatic carbocycles. The number of nitrogens with zero attached hydrogens (tertiary/aromatic N) is 2. The lowest BCUT2D eigenvalue weighted by Gasteiger charge is -2.44. The molecule has 1 N–H and O–H groups in total. The number of cyclic esters (lactones) is 1. The molecule has 0 spiro atoms. The molecule has 1 atom stereocenters. The van der Waals surface area contributed by atoms with Crippen molar-refractivity contribution >= 4 is 35.1 Å². The van der Waals surface area contributed by atoms with E-state index in [4.69, 9.17) is 4.74 Å². The van der Waals surface area contributed by atoms with Crippen LogP contribution in [0.1, 0.15) is 6.92 Å². The number of quaternary nitrogens is 1. The molecule has 7 nitrogen and oxygen atoms in total. The molecule has 0 bridgehead atoms. The lowest BCUT2D eigenvalue weighted by Crippen LogP contribution is -2.49. The van der Waals surface area contributed by atoms with Gasteiger partial charge in [-0.2, -0.15) is 11.8 Å². The van der Waals surface area contributed by atoms with Gasteiger partial charge in [0.05, 0.1) is 31.9 Å². The first kappa shape index (κ1) is 18.0. The van der Waals surface area contributed by atoms with Crippen molar-refractivity contribution in [3.8, 4) is 0 Å². The van der Waals surface area contributed by atoms with E-state index in [0.29, 0.717) is 30.3 Å². The second kappa shape index (κ2) is 7.19. The average molecular weight is 369 g/mol. The number of anilines is 1. The number of hydroxylamine groups is 2. The van der Waals surface area contributed by atoms with Crippen molar-refractivity contribution in [3.63, 3.8) is 0 Å². The number of rotatable bonds is 4. The molecule has 2 aliphatic rings. The molecule has 3 rings (SSSR count). The third-order valence-electron chi connectivity index (χ3n) is 4.33. The van der Waals surface area contributed by atoms with Crippen LogP contribution in [-0.4, -0.2) is 55.8 Å². The zero-order chi connectivity index (χ0) is 18.0. The van der Waals surface area contributed by atoms with Gasteiger partial charge in [0, 0.05) is 30.6 Å². The Kier molecular flexibility index (Phi) is 5.16. The summed E-state index contributed by atoms with van der Waals surface area (Å²) in [4.78, 5) is 24.2. The Hall–Kier alpha value is -1.84. The number of hydrogen-bond acceptors (Lipinski definition) is 5. The predicted octanol–water partition coefficient (Wildman–Crippen LogP) is 1.84. The summed E-state index contributed by atoms with van der Waals surface area (Å²) < 4.78 is 19.0. The summed E-state index contributed by atoms with van der Waals surface area (Å²) in [6.45, 7) is 2.47. The highest BCUT2D eigenvalue weighted by Gasteiger charge is 2.34. The van der Waals surface area contributed by atoms with E-state index in [1.165, 1.54) is 24.0 Å². The third-order valence-corrected chi connectivity index (χ3v) is 5.27. The van der Waals surface area contributed by atoms with Crippen LogP contribution >= 0.6 is 11.8 Å². The van der Waals surface area contributed by atoms with E-state index < -0.39 is 22.7 Å². The molecule has 25 heavy (non-hydrogen) atoms. The zero-order valence-electron chi connectivity index (χ0n) is 13.9. The number of benzene rings is 1. The van der Waals surface area contributed by atoms with Gasteiger partial charge in [-0.05, 0) is 6.07 Å². The minimum Gasteiger partial charge on any atom is -0.627 e. The molecule has 0 aromatic heterocycles. The second-order valence-electron chi connectivity index (χ2n) is 6.14. The molecule has 0 saturated carbocycles. The van der Waals surface area contributed by atoms with Crippen LogP contribution in [0.4, 0.5) is 20.6 Å². The smallest absolute Gasteiger partial charge is 0.414 e. The summed E-state index contributed by atoms with van der Waals surface area (Å²) >= 11 is 1.69. The second-order valence-corrected chi connectivity index (χ2v) is 7.36. The van der Waals surface area contributed by atoms with Crippen LogP contribution in [0.15, 0.2) is 18.2 Å². The number of carbonyl (C=O) groups excluding carboxylic acids is 2. The summed E-state index contributed by atoms with van der Waals surface area (Å²) in [5.74, 6) is 0.577. The summed E-state index contributed by atoms with van der Waals surface area (Å²) in [6.07, 6.45) is -1.08. The Morgan fingerprint density at radius 3 is 2.84 bits per heavy atom. The molecule has 2 fully saturated rings. The number of hydrogen-bond donors (Lipinski definition) is 1. The van der Waals surface area contributed by atoms with Gasteiger partial charge < -0.3 is 19.9 Å². The van der Waals surface area contributed by atoms with E-state index in [-0.39, 0.29) is 24.7 Å². The van der Waals surface area contributed by atoms with Gasteiger partial charge in [0.25, 0.3) is 0 Å². The summed E-state index contributed by atoms with van der Waals surface area (Å²) in [5.41, 5.74) is 0.445. The maximum Gasteiger partial charge on any atom is 0.414 e. The lowest BCUT2D eigenvalue weighted by molar-refractivity contribution is -0.119. The van der Waals surface area contributed by atoms with Crippen LogP contribution in [0.2, 0.25) is 0 Å². The first-order chi connectivity index (χ1) is 11.9. The van der Waals surface area contributed by atoms with E-state index in [1.807, 2.05) is 0 Å². The standard InChI is InChI=1S/C16H20FN3O4S/c1-11(21)18-9-13-10-19(16(22)24-13)12-2-3-15(14(17)8-12)20(23)4-6-25-7-5-20/h2-3,8,13H,4-7,9-10H2,1H3,(H,18,21). The Morgan fingerprint density at radius 1 is 1.48 bits per heavy atom. The summed E-state index contributed by atoms with van der Waals surface area (Å²) in [6, 6.07) is 4.24. The highest BCUT2D eigenvalue weighted by Crippen LogP contribution is 2.33. The van der Waals surface area contributed by atoms with Gasteiger partial charge in [0.2, 0.25) is 5.91 Å². The van der Waals surface area contributed by atoms with Gasteiger partial charge in [-0.25, -0.2) is 9.18 Å². The number of amides is 2. The van der Waals surface area contributed by atoms with Crippen LogP contribution in [0.25, 0.3) is 0 Å². The van der Waals surface area contributed by atoms with Crippen LogP contribution in [0.5, 0.6) is 0 Å². The first-order valence-electron chi connectivity index (χ1n) is 8.07. The highest BCUT2D eigenvalue weighted by atomic mass is 32.2. The summed E-state index contributed by atoms with van der Waals surface area (Å²) in [7, 11) is 0. The van der Waals surface area contributed by atoms with Gasteiger partial charge in [-0.1, -0.05) is 0 Å². The van der Waals surface area contributed by atoms with Crippen molar-refractivity contribution < 1.29 is 18.7 Å². The molecule has 1 aromatic carbocycles. The normalized spacial score (nSPS) is 22.6. The number of thioether (sulfide) groups is 1. The largest absolute Gasteiger partial charge is 0.627 e. The van der Waals surface area contributed by atoms with E-state index in [0.717, 1.165) is 0 Å². The van der Waals surface area contributed by atoms with E-state index >= 15 is 0 Å². The van der Waals surface area contributed by atoms with Crippen molar-refractivity contribution in [2.75, 3.05) is 42.6 Å². The molecule has 2 aliphatic heterocycles. The number of halogens is 1. The quantitative estimate of drug-likeness (QED) is 0.647.